The maximum Gasteiger partial charge on any atom is 0.236 e. The molecule has 0 aliphatic carbocycles. The molecule has 7 heteroatoms. The smallest absolute Gasteiger partial charge is 0.236 e. The minimum absolute atomic E-state index is 0.0157. The molecule has 0 aromatic rings. The van der Waals surface area contributed by atoms with E-state index in [0.717, 1.165) is 39.0 Å². The Labute approximate surface area is 163 Å². The lowest BCUT2D eigenvalue weighted by atomic mass is 9.96. The van der Waals surface area contributed by atoms with E-state index in [-0.39, 0.29) is 17.7 Å². The maximum absolute atomic E-state index is 12.4. The molecule has 2 heterocycles. The first-order chi connectivity index (χ1) is 12.8. The molecule has 2 saturated heterocycles. The van der Waals surface area contributed by atoms with Gasteiger partial charge in [0, 0.05) is 57.6 Å². The molecule has 0 saturated carbocycles. The third-order valence-corrected chi connectivity index (χ3v) is 5.33. The topological polar surface area (TPSA) is 73.0 Å². The molecule has 2 rings (SSSR count). The number of carbonyl (C=O) groups is 3. The van der Waals surface area contributed by atoms with Crippen LogP contribution in [0.3, 0.4) is 0 Å². The molecule has 0 atom stereocenters. The van der Waals surface area contributed by atoms with Crippen molar-refractivity contribution in [3.05, 3.63) is 0 Å². The third-order valence-electron chi connectivity index (χ3n) is 5.33. The molecule has 2 aliphatic heterocycles. The van der Waals surface area contributed by atoms with E-state index in [1.807, 2.05) is 30.6 Å². The summed E-state index contributed by atoms with van der Waals surface area (Å²) >= 11 is 0. The van der Waals surface area contributed by atoms with Gasteiger partial charge in [-0.15, -0.1) is 0 Å². The van der Waals surface area contributed by atoms with E-state index >= 15 is 0 Å². The molecule has 1 N–H and O–H groups in total. The number of amides is 3. The standard InChI is InChI=1S/C20H36N4O3/c1-20(2,3)19(27)21-9-7-8-17(25)24-14-12-22(13-15-24)16-18(26)23-10-5-4-6-11-23/h4-16H2,1-3H3,(H,21,27). The first-order valence-corrected chi connectivity index (χ1v) is 10.3. The van der Waals surface area contributed by atoms with E-state index in [9.17, 15) is 14.4 Å². The Morgan fingerprint density at radius 1 is 0.815 bits per heavy atom. The zero-order chi connectivity index (χ0) is 19.9. The molecular weight excluding hydrogens is 344 g/mol. The molecule has 154 valence electrons. The fourth-order valence-electron chi connectivity index (χ4n) is 3.45. The van der Waals surface area contributed by atoms with Crippen LogP contribution in [-0.4, -0.2) is 84.8 Å². The van der Waals surface area contributed by atoms with Crippen molar-refractivity contribution in [2.75, 3.05) is 52.4 Å². The number of carbonyl (C=O) groups excluding carboxylic acids is 3. The second-order valence-corrected chi connectivity index (χ2v) is 8.71. The van der Waals surface area contributed by atoms with E-state index in [1.165, 1.54) is 6.42 Å². The van der Waals surface area contributed by atoms with Gasteiger partial charge in [0.25, 0.3) is 0 Å². The van der Waals surface area contributed by atoms with E-state index in [4.69, 9.17) is 0 Å². The van der Waals surface area contributed by atoms with Crippen molar-refractivity contribution in [2.24, 2.45) is 5.41 Å². The minimum atomic E-state index is -0.397. The highest BCUT2D eigenvalue weighted by Crippen LogP contribution is 2.13. The summed E-state index contributed by atoms with van der Waals surface area (Å²) < 4.78 is 0. The second-order valence-electron chi connectivity index (χ2n) is 8.71. The van der Waals surface area contributed by atoms with Crippen LogP contribution in [-0.2, 0) is 14.4 Å². The van der Waals surface area contributed by atoms with Crippen LogP contribution in [0.2, 0.25) is 0 Å². The Bertz CT molecular complexity index is 516. The number of rotatable bonds is 6. The molecule has 0 spiro atoms. The summed E-state index contributed by atoms with van der Waals surface area (Å²) in [6.45, 7) is 11.3. The SMILES string of the molecule is CC(C)(C)C(=O)NCCCC(=O)N1CCN(CC(=O)N2CCCCC2)CC1. The van der Waals surface area contributed by atoms with Gasteiger partial charge in [-0.05, 0) is 25.7 Å². The average molecular weight is 381 g/mol. The van der Waals surface area contributed by atoms with Crippen LogP contribution in [0.4, 0.5) is 0 Å². The molecule has 0 aromatic heterocycles. The van der Waals surface area contributed by atoms with Crippen molar-refractivity contribution >= 4 is 17.7 Å². The average Bonchev–Trinajstić information content (AvgIpc) is 2.65. The van der Waals surface area contributed by atoms with Gasteiger partial charge in [-0.25, -0.2) is 0 Å². The van der Waals surface area contributed by atoms with Gasteiger partial charge in [0.1, 0.15) is 0 Å². The van der Waals surface area contributed by atoms with Crippen LogP contribution in [0.25, 0.3) is 0 Å². The molecule has 0 aromatic carbocycles. The van der Waals surface area contributed by atoms with Crippen molar-refractivity contribution in [3.8, 4) is 0 Å². The van der Waals surface area contributed by atoms with Gasteiger partial charge in [-0.3, -0.25) is 19.3 Å². The van der Waals surface area contributed by atoms with Crippen LogP contribution in [0, 0.1) is 5.41 Å². The van der Waals surface area contributed by atoms with Crippen molar-refractivity contribution in [1.82, 2.24) is 20.0 Å². The Balaban J connectivity index is 1.61. The summed E-state index contributed by atoms with van der Waals surface area (Å²) in [4.78, 5) is 42.5. The molecule has 3 amide bonds. The Kier molecular flexibility index (Phi) is 8.07. The highest BCUT2D eigenvalue weighted by atomic mass is 16.2. The van der Waals surface area contributed by atoms with E-state index in [1.54, 1.807) is 0 Å². The third kappa shape index (κ3) is 7.13. The van der Waals surface area contributed by atoms with Gasteiger partial charge in [0.2, 0.25) is 17.7 Å². The van der Waals surface area contributed by atoms with Gasteiger partial charge in [-0.1, -0.05) is 20.8 Å². The highest BCUT2D eigenvalue weighted by molar-refractivity contribution is 5.81. The fourth-order valence-corrected chi connectivity index (χ4v) is 3.45. The number of likely N-dealkylation sites (tertiary alicyclic amines) is 1. The largest absolute Gasteiger partial charge is 0.356 e. The molecule has 27 heavy (non-hydrogen) atoms. The molecule has 7 nitrogen and oxygen atoms in total. The van der Waals surface area contributed by atoms with E-state index in [0.29, 0.717) is 39.0 Å². The number of hydrogen-bond acceptors (Lipinski definition) is 4. The zero-order valence-corrected chi connectivity index (χ0v) is 17.3. The lowest BCUT2D eigenvalue weighted by Crippen LogP contribution is -2.52. The molecule has 2 fully saturated rings. The lowest BCUT2D eigenvalue weighted by Gasteiger charge is -2.36. The summed E-state index contributed by atoms with van der Waals surface area (Å²) in [6.07, 6.45) is 4.57. The summed E-state index contributed by atoms with van der Waals surface area (Å²) in [5.41, 5.74) is -0.397. The molecule has 2 aliphatic rings. The summed E-state index contributed by atoms with van der Waals surface area (Å²) in [7, 11) is 0. The monoisotopic (exact) mass is 380 g/mol. The number of hydrogen-bond donors (Lipinski definition) is 1. The van der Waals surface area contributed by atoms with Crippen molar-refractivity contribution in [2.45, 2.75) is 52.9 Å². The second kappa shape index (κ2) is 10.1. The quantitative estimate of drug-likeness (QED) is 0.700. The number of piperazine rings is 1. The van der Waals surface area contributed by atoms with E-state index < -0.39 is 5.41 Å². The maximum atomic E-state index is 12.4. The van der Waals surface area contributed by atoms with Crippen LogP contribution in [0.5, 0.6) is 0 Å². The number of nitrogens with zero attached hydrogens (tertiary/aromatic N) is 3. The normalized spacial score (nSPS) is 19.1. The highest BCUT2D eigenvalue weighted by Gasteiger charge is 2.25. The first-order valence-electron chi connectivity index (χ1n) is 10.3. The van der Waals surface area contributed by atoms with Crippen LogP contribution in [0.1, 0.15) is 52.9 Å². The van der Waals surface area contributed by atoms with Gasteiger partial charge in [0.15, 0.2) is 0 Å². The summed E-state index contributed by atoms with van der Waals surface area (Å²) in [6, 6.07) is 0. The number of piperidine rings is 1. The van der Waals surface area contributed by atoms with Crippen LogP contribution in [0.15, 0.2) is 0 Å². The predicted molar refractivity (Wildman–Crippen MR) is 105 cm³/mol. The first kappa shape index (κ1) is 21.7. The summed E-state index contributed by atoms with van der Waals surface area (Å²) in [5.74, 6) is 0.382. The molecule has 0 radical (unpaired) electrons. The lowest BCUT2D eigenvalue weighted by molar-refractivity contribution is -0.136. The fraction of sp³-hybridized carbons (Fsp3) is 0.850. The summed E-state index contributed by atoms with van der Waals surface area (Å²) in [5, 5.41) is 2.88. The zero-order valence-electron chi connectivity index (χ0n) is 17.3. The molecular formula is C20H36N4O3. The van der Waals surface area contributed by atoms with Crippen molar-refractivity contribution < 1.29 is 14.4 Å². The number of nitrogens with one attached hydrogen (secondary N) is 1. The molecule has 0 bridgehead atoms. The Hall–Kier alpha value is -1.63. The van der Waals surface area contributed by atoms with Gasteiger partial charge in [-0.2, -0.15) is 0 Å². The van der Waals surface area contributed by atoms with Gasteiger partial charge < -0.3 is 15.1 Å². The molecule has 0 unspecified atom stereocenters. The minimum Gasteiger partial charge on any atom is -0.356 e. The Morgan fingerprint density at radius 3 is 2.00 bits per heavy atom. The van der Waals surface area contributed by atoms with Gasteiger partial charge >= 0.3 is 0 Å². The van der Waals surface area contributed by atoms with E-state index in [2.05, 4.69) is 10.2 Å². The van der Waals surface area contributed by atoms with Crippen molar-refractivity contribution in [1.29, 1.82) is 0 Å². The van der Waals surface area contributed by atoms with Crippen LogP contribution >= 0.6 is 0 Å². The van der Waals surface area contributed by atoms with Crippen LogP contribution < -0.4 is 5.32 Å². The van der Waals surface area contributed by atoms with Crippen molar-refractivity contribution in [3.63, 3.8) is 0 Å². The predicted octanol–water partition coefficient (Wildman–Crippen LogP) is 1.09. The van der Waals surface area contributed by atoms with Gasteiger partial charge in [0.05, 0.1) is 6.54 Å². The Morgan fingerprint density at radius 2 is 1.41 bits per heavy atom.